The van der Waals surface area contributed by atoms with Crippen LogP contribution in [-0.2, 0) is 4.79 Å². The number of carboxylic acids is 1. The molecule has 17 heavy (non-hydrogen) atoms. The highest BCUT2D eigenvalue weighted by molar-refractivity contribution is 9.11. The molecule has 0 fully saturated rings. The summed E-state index contributed by atoms with van der Waals surface area (Å²) in [7, 11) is 0. The van der Waals surface area contributed by atoms with Gasteiger partial charge in [-0.05, 0) is 44.0 Å². The minimum Gasteiger partial charge on any atom is -0.506 e. The van der Waals surface area contributed by atoms with Crippen molar-refractivity contribution in [1.82, 2.24) is 0 Å². The van der Waals surface area contributed by atoms with Gasteiger partial charge in [-0.25, -0.2) is 4.79 Å². The molecule has 0 saturated heterocycles. The third-order valence-corrected chi connectivity index (χ3v) is 3.00. The van der Waals surface area contributed by atoms with E-state index >= 15 is 0 Å². The van der Waals surface area contributed by atoms with Crippen LogP contribution in [0.1, 0.15) is 10.4 Å². The van der Waals surface area contributed by atoms with Crippen molar-refractivity contribution in [2.24, 2.45) is 0 Å². The van der Waals surface area contributed by atoms with E-state index in [1.165, 1.54) is 12.1 Å². The van der Waals surface area contributed by atoms with Gasteiger partial charge in [0.05, 0.1) is 8.95 Å². The maximum atomic E-state index is 11.6. The van der Waals surface area contributed by atoms with E-state index in [0.29, 0.717) is 6.08 Å². The van der Waals surface area contributed by atoms with Crippen LogP contribution in [0.2, 0.25) is 0 Å². The third kappa shape index (κ3) is 3.31. The van der Waals surface area contributed by atoms with Crippen molar-refractivity contribution in [2.75, 3.05) is 0 Å². The Morgan fingerprint density at radius 1 is 1.12 bits per heavy atom. The van der Waals surface area contributed by atoms with Crippen molar-refractivity contribution < 1.29 is 24.9 Å². The van der Waals surface area contributed by atoms with Crippen LogP contribution in [-0.4, -0.2) is 27.1 Å². The molecule has 7 heteroatoms. The van der Waals surface area contributed by atoms with Crippen LogP contribution in [0, 0.1) is 0 Å². The fourth-order valence-corrected chi connectivity index (χ4v) is 2.16. The summed E-state index contributed by atoms with van der Waals surface area (Å²) < 4.78 is 0.553. The van der Waals surface area contributed by atoms with E-state index in [0.717, 1.165) is 0 Å². The summed E-state index contributed by atoms with van der Waals surface area (Å²) in [5, 5.41) is 26.7. The molecule has 0 saturated carbocycles. The number of hydrogen-bond acceptors (Lipinski definition) is 4. The molecule has 1 rings (SSSR count). The molecule has 0 heterocycles. The van der Waals surface area contributed by atoms with Gasteiger partial charge in [-0.3, -0.25) is 4.79 Å². The lowest BCUT2D eigenvalue weighted by Gasteiger charge is -2.03. The molecule has 5 nitrogen and oxygen atoms in total. The first-order chi connectivity index (χ1) is 7.82. The Kier molecular flexibility index (Phi) is 4.30. The topological polar surface area (TPSA) is 94.8 Å². The number of rotatable bonds is 3. The van der Waals surface area contributed by atoms with Crippen LogP contribution >= 0.6 is 31.9 Å². The fourth-order valence-electron chi connectivity index (χ4n) is 0.977. The summed E-state index contributed by atoms with van der Waals surface area (Å²) in [6.45, 7) is 0. The van der Waals surface area contributed by atoms with Crippen molar-refractivity contribution in [3.63, 3.8) is 0 Å². The zero-order valence-electron chi connectivity index (χ0n) is 8.15. The highest BCUT2D eigenvalue weighted by Gasteiger charge is 2.13. The number of aliphatic carboxylic acids is 1. The van der Waals surface area contributed by atoms with E-state index in [9.17, 15) is 14.7 Å². The van der Waals surface area contributed by atoms with Crippen LogP contribution in [0.25, 0.3) is 0 Å². The van der Waals surface area contributed by atoms with Crippen LogP contribution in [0.15, 0.2) is 32.9 Å². The average Bonchev–Trinajstić information content (AvgIpc) is 2.24. The summed E-state index contributed by atoms with van der Waals surface area (Å²) >= 11 is 6.06. The van der Waals surface area contributed by atoms with E-state index in [-0.39, 0.29) is 20.3 Å². The molecule has 0 aliphatic carbocycles. The van der Waals surface area contributed by atoms with Crippen molar-refractivity contribution in [3.8, 4) is 5.75 Å². The van der Waals surface area contributed by atoms with Crippen molar-refractivity contribution >= 4 is 43.6 Å². The Morgan fingerprint density at radius 2 is 1.59 bits per heavy atom. The normalized spacial score (nSPS) is 11.3. The summed E-state index contributed by atoms with van der Waals surface area (Å²) in [5.41, 5.74) is 0.120. The Bertz CT molecular complexity index is 498. The summed E-state index contributed by atoms with van der Waals surface area (Å²) in [6.07, 6.45) is 0.591. The number of phenols is 1. The van der Waals surface area contributed by atoms with Crippen LogP contribution < -0.4 is 0 Å². The smallest absolute Gasteiger partial charge is 0.371 e. The lowest BCUT2D eigenvalue weighted by Crippen LogP contribution is -2.04. The Balaban J connectivity index is 3.15. The third-order valence-electron chi connectivity index (χ3n) is 1.79. The standard InChI is InChI=1S/C10H6Br2O5/c11-5-1-4(2-6(12)9(5)15)7(13)3-8(14)10(16)17/h1-3,14-15H,(H,16,17). The zero-order valence-corrected chi connectivity index (χ0v) is 11.3. The monoisotopic (exact) mass is 364 g/mol. The van der Waals surface area contributed by atoms with Gasteiger partial charge < -0.3 is 15.3 Å². The number of carboxylic acid groups (broad SMARTS) is 1. The highest BCUT2D eigenvalue weighted by atomic mass is 79.9. The largest absolute Gasteiger partial charge is 0.506 e. The van der Waals surface area contributed by atoms with Gasteiger partial charge in [-0.1, -0.05) is 0 Å². The van der Waals surface area contributed by atoms with Gasteiger partial charge in [0.1, 0.15) is 5.75 Å². The van der Waals surface area contributed by atoms with Gasteiger partial charge in [-0.15, -0.1) is 0 Å². The number of carbonyl (C=O) groups is 2. The first-order valence-electron chi connectivity index (χ1n) is 4.19. The molecule has 0 radical (unpaired) electrons. The number of aliphatic hydroxyl groups is 1. The fraction of sp³-hybridized carbons (Fsp3) is 0. The molecule has 1 aromatic carbocycles. The molecule has 0 aromatic heterocycles. The Labute approximate surface area is 113 Å². The number of allylic oxidation sites excluding steroid dienone is 1. The summed E-state index contributed by atoms with van der Waals surface area (Å²) in [4.78, 5) is 21.9. The number of phenolic OH excluding ortho intramolecular Hbond substituents is 1. The van der Waals surface area contributed by atoms with Crippen molar-refractivity contribution in [2.45, 2.75) is 0 Å². The molecule has 0 spiro atoms. The van der Waals surface area contributed by atoms with E-state index in [1.807, 2.05) is 0 Å². The SMILES string of the molecule is O=C(O)C(O)=CC(=O)c1cc(Br)c(O)c(Br)c1. The zero-order chi connectivity index (χ0) is 13.2. The second kappa shape index (κ2) is 5.33. The molecular formula is C10H6Br2O5. The van der Waals surface area contributed by atoms with Crippen LogP contribution in [0.4, 0.5) is 0 Å². The molecule has 0 unspecified atom stereocenters. The Hall–Kier alpha value is -1.34. The van der Waals surface area contributed by atoms with E-state index in [1.54, 1.807) is 0 Å². The van der Waals surface area contributed by atoms with Gasteiger partial charge in [0.2, 0.25) is 5.76 Å². The molecule has 3 N–H and O–H groups in total. The predicted octanol–water partition coefficient (Wildman–Crippen LogP) is 2.63. The minimum absolute atomic E-state index is 0.0759. The minimum atomic E-state index is -1.59. The second-order valence-electron chi connectivity index (χ2n) is 2.99. The molecule has 0 aliphatic heterocycles. The number of ketones is 1. The number of aromatic hydroxyl groups is 1. The van der Waals surface area contributed by atoms with Crippen molar-refractivity contribution in [1.29, 1.82) is 0 Å². The summed E-state index contributed by atoms with van der Waals surface area (Å²) in [6, 6.07) is 2.63. The average molecular weight is 366 g/mol. The van der Waals surface area contributed by atoms with E-state index in [4.69, 9.17) is 10.2 Å². The first-order valence-corrected chi connectivity index (χ1v) is 5.78. The second-order valence-corrected chi connectivity index (χ2v) is 4.70. The molecule has 0 atom stereocenters. The number of aliphatic hydroxyl groups excluding tert-OH is 1. The Morgan fingerprint density at radius 3 is 2.00 bits per heavy atom. The summed E-state index contributed by atoms with van der Waals surface area (Å²) in [5.74, 6) is -3.40. The highest BCUT2D eigenvalue weighted by Crippen LogP contribution is 2.33. The molecule has 0 bridgehead atoms. The van der Waals surface area contributed by atoms with E-state index < -0.39 is 17.5 Å². The quantitative estimate of drug-likeness (QED) is 0.435. The lowest BCUT2D eigenvalue weighted by molar-refractivity contribution is -0.135. The van der Waals surface area contributed by atoms with Crippen LogP contribution in [0.3, 0.4) is 0 Å². The molecule has 1 aromatic rings. The predicted molar refractivity (Wildman–Crippen MR) is 66.2 cm³/mol. The number of carbonyl (C=O) groups excluding carboxylic acids is 1. The van der Waals surface area contributed by atoms with Gasteiger partial charge in [-0.2, -0.15) is 0 Å². The number of benzene rings is 1. The maximum absolute atomic E-state index is 11.6. The molecule has 0 amide bonds. The number of hydrogen-bond donors (Lipinski definition) is 3. The molecular weight excluding hydrogens is 360 g/mol. The van der Waals surface area contributed by atoms with Gasteiger partial charge in [0.25, 0.3) is 0 Å². The van der Waals surface area contributed by atoms with Gasteiger partial charge >= 0.3 is 5.97 Å². The van der Waals surface area contributed by atoms with Crippen LogP contribution in [0.5, 0.6) is 5.75 Å². The molecule has 0 aliphatic rings. The van der Waals surface area contributed by atoms with Gasteiger partial charge in [0, 0.05) is 11.6 Å². The maximum Gasteiger partial charge on any atom is 0.371 e. The van der Waals surface area contributed by atoms with Crippen molar-refractivity contribution in [3.05, 3.63) is 38.5 Å². The number of halogens is 2. The first kappa shape index (κ1) is 13.7. The molecule has 90 valence electrons. The van der Waals surface area contributed by atoms with Gasteiger partial charge in [0.15, 0.2) is 5.78 Å². The lowest BCUT2D eigenvalue weighted by atomic mass is 10.1. The van der Waals surface area contributed by atoms with E-state index in [2.05, 4.69) is 31.9 Å².